The summed E-state index contributed by atoms with van der Waals surface area (Å²) in [7, 11) is 0. The van der Waals surface area contributed by atoms with Gasteiger partial charge in [-0.25, -0.2) is 9.97 Å². The van der Waals surface area contributed by atoms with Gasteiger partial charge >= 0.3 is 0 Å². The smallest absolute Gasteiger partial charge is 0.225 e. The van der Waals surface area contributed by atoms with Gasteiger partial charge in [0.2, 0.25) is 5.95 Å². The average molecular weight is 435 g/mol. The van der Waals surface area contributed by atoms with E-state index in [9.17, 15) is 9.90 Å². The van der Waals surface area contributed by atoms with E-state index in [2.05, 4.69) is 20.9 Å². The van der Waals surface area contributed by atoms with Crippen LogP contribution in [0.2, 0.25) is 5.02 Å². The Morgan fingerprint density at radius 2 is 1.74 bits per heavy atom. The molecule has 2 heterocycles. The van der Waals surface area contributed by atoms with Gasteiger partial charge in [-0.2, -0.15) is 0 Å². The van der Waals surface area contributed by atoms with Crippen molar-refractivity contribution in [2.24, 2.45) is 0 Å². The van der Waals surface area contributed by atoms with Gasteiger partial charge in [0.15, 0.2) is 5.78 Å². The van der Waals surface area contributed by atoms with Crippen LogP contribution in [0.25, 0.3) is 0 Å². The van der Waals surface area contributed by atoms with Crippen LogP contribution in [0, 0.1) is 0 Å². The highest BCUT2D eigenvalue weighted by atomic mass is 35.5. The molecule has 6 nitrogen and oxygen atoms in total. The molecule has 2 aliphatic rings. The molecule has 0 amide bonds. The Labute approximate surface area is 186 Å². The Bertz CT molecular complexity index is 1130. The Kier molecular flexibility index (Phi) is 5.24. The number of carbonyl (C=O) groups excluding carboxylic acids is 1. The number of anilines is 2. The van der Waals surface area contributed by atoms with E-state index >= 15 is 0 Å². The number of Topliss-reactive ketones (excluding diaryl/α,β-unsaturated/α-hetero) is 1. The maximum atomic E-state index is 12.7. The number of halogens is 1. The van der Waals surface area contributed by atoms with E-state index in [0.29, 0.717) is 24.4 Å². The maximum Gasteiger partial charge on any atom is 0.225 e. The number of phenolic OH excluding ortho intramolecular Hbond substituents is 1. The van der Waals surface area contributed by atoms with Crippen LogP contribution in [0.15, 0.2) is 54.7 Å². The highest BCUT2D eigenvalue weighted by molar-refractivity contribution is 6.30. The second-order valence-electron chi connectivity index (χ2n) is 8.07. The van der Waals surface area contributed by atoms with Crippen LogP contribution in [0.5, 0.6) is 5.75 Å². The lowest BCUT2D eigenvalue weighted by molar-refractivity contribution is 0.0962. The fourth-order valence-electron chi connectivity index (χ4n) is 4.48. The summed E-state index contributed by atoms with van der Waals surface area (Å²) < 4.78 is 0. The van der Waals surface area contributed by atoms with Crippen LogP contribution in [0.1, 0.15) is 34.0 Å². The van der Waals surface area contributed by atoms with Gasteiger partial charge < -0.3 is 14.9 Å². The molecule has 3 aromatic rings. The summed E-state index contributed by atoms with van der Waals surface area (Å²) in [6.07, 6.45) is 2.66. The molecule has 1 N–H and O–H groups in total. The molecule has 0 bridgehead atoms. The van der Waals surface area contributed by atoms with Crippen LogP contribution in [0.3, 0.4) is 0 Å². The fraction of sp³-hybridized carbons (Fsp3) is 0.292. The number of carbonyl (C=O) groups is 1. The van der Waals surface area contributed by atoms with Crippen LogP contribution in [-0.4, -0.2) is 47.0 Å². The largest absolute Gasteiger partial charge is 0.508 e. The van der Waals surface area contributed by atoms with E-state index in [4.69, 9.17) is 16.6 Å². The molecule has 1 atom stereocenters. The lowest BCUT2D eigenvalue weighted by Gasteiger charge is -2.36. The summed E-state index contributed by atoms with van der Waals surface area (Å²) in [6.45, 7) is 3.28. The third-order valence-corrected chi connectivity index (χ3v) is 6.37. The van der Waals surface area contributed by atoms with Crippen LogP contribution in [0.4, 0.5) is 11.6 Å². The molecule has 0 saturated carbocycles. The zero-order valence-electron chi connectivity index (χ0n) is 17.0. The Balaban J connectivity index is 1.33. The summed E-state index contributed by atoms with van der Waals surface area (Å²) >= 11 is 6.13. The summed E-state index contributed by atoms with van der Waals surface area (Å²) in [6, 6.07) is 15.1. The first-order valence-electron chi connectivity index (χ1n) is 10.5. The highest BCUT2D eigenvalue weighted by Gasteiger charge is 2.30. The molecular weight excluding hydrogens is 412 g/mol. The number of para-hydroxylation sites is 1. The van der Waals surface area contributed by atoms with Gasteiger partial charge in [0.25, 0.3) is 0 Å². The maximum absolute atomic E-state index is 12.7. The van der Waals surface area contributed by atoms with Gasteiger partial charge in [-0.3, -0.25) is 4.79 Å². The molecule has 158 valence electrons. The van der Waals surface area contributed by atoms with E-state index < -0.39 is 0 Å². The topological polar surface area (TPSA) is 69.6 Å². The van der Waals surface area contributed by atoms with Crippen molar-refractivity contribution >= 4 is 29.0 Å². The van der Waals surface area contributed by atoms with Crippen molar-refractivity contribution in [1.29, 1.82) is 0 Å². The molecule has 0 radical (unpaired) electrons. The van der Waals surface area contributed by atoms with Crippen molar-refractivity contribution < 1.29 is 9.90 Å². The molecule has 7 heteroatoms. The number of phenols is 1. The van der Waals surface area contributed by atoms with Crippen molar-refractivity contribution in [3.8, 4) is 5.75 Å². The summed E-state index contributed by atoms with van der Waals surface area (Å²) in [4.78, 5) is 26.4. The van der Waals surface area contributed by atoms with Crippen molar-refractivity contribution in [3.05, 3.63) is 76.6 Å². The number of rotatable bonds is 3. The number of aromatic nitrogens is 2. The average Bonchev–Trinajstić information content (AvgIpc) is 2.79. The molecule has 31 heavy (non-hydrogen) atoms. The second kappa shape index (κ2) is 8.19. The molecule has 1 aliphatic carbocycles. The number of hydrogen-bond donors (Lipinski definition) is 1. The van der Waals surface area contributed by atoms with E-state index in [0.717, 1.165) is 48.1 Å². The molecule has 1 aromatic heterocycles. The molecule has 5 rings (SSSR count). The number of ketones is 1. The quantitative estimate of drug-likeness (QED) is 0.670. The zero-order chi connectivity index (χ0) is 21.4. The molecule has 2 aromatic carbocycles. The monoisotopic (exact) mass is 434 g/mol. The molecule has 0 spiro atoms. The lowest BCUT2D eigenvalue weighted by Crippen LogP contribution is -2.47. The first-order valence-corrected chi connectivity index (χ1v) is 10.9. The Hall–Kier alpha value is -3.12. The molecule has 1 aliphatic heterocycles. The number of aromatic hydroxyl groups is 1. The summed E-state index contributed by atoms with van der Waals surface area (Å²) in [5.74, 6) is 0.862. The number of fused-ring (bicyclic) bond motifs is 1. The third kappa shape index (κ3) is 3.95. The molecule has 1 unspecified atom stereocenters. The second-order valence-corrected chi connectivity index (χ2v) is 8.51. The van der Waals surface area contributed by atoms with Gasteiger partial charge in [0.1, 0.15) is 5.75 Å². The number of hydrogen-bond acceptors (Lipinski definition) is 6. The number of nitrogens with zero attached hydrogens (tertiary/aromatic N) is 4. The van der Waals surface area contributed by atoms with Crippen molar-refractivity contribution in [2.45, 2.75) is 18.8 Å². The third-order valence-electron chi connectivity index (χ3n) is 6.14. The normalized spacial score (nSPS) is 18.7. The summed E-state index contributed by atoms with van der Waals surface area (Å²) in [5, 5.41) is 11.0. The highest BCUT2D eigenvalue weighted by Crippen LogP contribution is 2.36. The predicted molar refractivity (Wildman–Crippen MR) is 121 cm³/mol. The van der Waals surface area contributed by atoms with E-state index in [1.165, 1.54) is 0 Å². The first-order chi connectivity index (χ1) is 15.1. The zero-order valence-corrected chi connectivity index (χ0v) is 17.8. The van der Waals surface area contributed by atoms with Crippen molar-refractivity contribution in [1.82, 2.24) is 9.97 Å². The van der Waals surface area contributed by atoms with Crippen LogP contribution in [-0.2, 0) is 6.42 Å². The van der Waals surface area contributed by atoms with Gasteiger partial charge in [0, 0.05) is 55.4 Å². The van der Waals surface area contributed by atoms with Gasteiger partial charge in [-0.05, 0) is 36.2 Å². The van der Waals surface area contributed by atoms with Gasteiger partial charge in [-0.1, -0.05) is 35.9 Å². The lowest BCUT2D eigenvalue weighted by atomic mass is 9.82. The van der Waals surface area contributed by atoms with E-state index in [-0.39, 0.29) is 17.5 Å². The van der Waals surface area contributed by atoms with Gasteiger partial charge in [-0.15, -0.1) is 0 Å². The van der Waals surface area contributed by atoms with Crippen LogP contribution < -0.4 is 9.80 Å². The van der Waals surface area contributed by atoms with Crippen molar-refractivity contribution in [3.63, 3.8) is 0 Å². The SMILES string of the molecule is O=C1CC(c2ccccc2O)Cc2nc(N3CCN(c4cccc(Cl)c4)CC3)ncc21. The minimum Gasteiger partial charge on any atom is -0.508 e. The predicted octanol–water partition coefficient (Wildman–Crippen LogP) is 4.07. The number of benzene rings is 2. The fourth-order valence-corrected chi connectivity index (χ4v) is 4.66. The summed E-state index contributed by atoms with van der Waals surface area (Å²) in [5.41, 5.74) is 3.30. The minimum absolute atomic E-state index is 0.0341. The molecule has 1 saturated heterocycles. The first kappa shape index (κ1) is 19.8. The Morgan fingerprint density at radius 1 is 0.968 bits per heavy atom. The van der Waals surface area contributed by atoms with E-state index in [1.54, 1.807) is 18.3 Å². The van der Waals surface area contributed by atoms with Gasteiger partial charge in [0.05, 0.1) is 11.3 Å². The minimum atomic E-state index is -0.0661. The number of piperazine rings is 1. The van der Waals surface area contributed by atoms with E-state index in [1.807, 2.05) is 30.3 Å². The standard InChI is InChI=1S/C24H23ClN4O2/c25-17-4-3-5-18(14-17)28-8-10-29(11-9-28)24-26-15-20-21(27-24)12-16(13-23(20)31)19-6-1-2-7-22(19)30/h1-7,14-16,30H,8-13H2. The van der Waals surface area contributed by atoms with Crippen molar-refractivity contribution in [2.75, 3.05) is 36.0 Å². The van der Waals surface area contributed by atoms with Crippen LogP contribution >= 0.6 is 11.6 Å². The molecular formula is C24H23ClN4O2. The Morgan fingerprint density at radius 3 is 2.52 bits per heavy atom. The molecule has 1 fully saturated rings.